The molecule has 0 saturated carbocycles. The van der Waals surface area contributed by atoms with Gasteiger partial charge in [0.05, 0.1) is 7.11 Å². The summed E-state index contributed by atoms with van der Waals surface area (Å²) in [4.78, 5) is 22.3. The Labute approximate surface area is 207 Å². The number of aromatic hydroxyl groups is 1. The minimum absolute atomic E-state index is 0.183. The molecule has 1 aliphatic rings. The zero-order valence-electron chi connectivity index (χ0n) is 19.5. The van der Waals surface area contributed by atoms with Crippen molar-refractivity contribution in [3.05, 3.63) is 65.2 Å². The van der Waals surface area contributed by atoms with Gasteiger partial charge < -0.3 is 25.0 Å². The van der Waals surface area contributed by atoms with E-state index < -0.39 is 27.6 Å². The number of ether oxygens (including phenoxy) is 2. The molecule has 0 fully saturated rings. The molecule has 0 atom stereocenters. The van der Waals surface area contributed by atoms with Gasteiger partial charge in [0.2, 0.25) is 0 Å². The van der Waals surface area contributed by atoms with Crippen molar-refractivity contribution in [2.75, 3.05) is 17.1 Å². The first-order valence-electron chi connectivity index (χ1n) is 11.0. The summed E-state index contributed by atoms with van der Waals surface area (Å²) in [5, 5.41) is 21.6. The molecule has 36 heavy (non-hydrogen) atoms. The Morgan fingerprint density at radius 2 is 1.64 bits per heavy atom. The van der Waals surface area contributed by atoms with Crippen molar-refractivity contribution < 1.29 is 37.7 Å². The van der Waals surface area contributed by atoms with Crippen molar-refractivity contribution in [1.82, 2.24) is 0 Å². The van der Waals surface area contributed by atoms with Crippen molar-refractivity contribution in [3.63, 3.8) is 0 Å². The van der Waals surface area contributed by atoms with E-state index in [2.05, 4.69) is 10.0 Å². The third-order valence-electron chi connectivity index (χ3n) is 5.76. The first-order chi connectivity index (χ1) is 17.1. The maximum Gasteiger partial charge on any atom is 0.394 e. The molecule has 3 aromatic rings. The summed E-state index contributed by atoms with van der Waals surface area (Å²) in [6.45, 7) is 1.74. The average Bonchev–Trinajstić information content (AvgIpc) is 3.33. The number of carboxylic acid groups (broad SMARTS) is 1. The number of phenolic OH excluding ortho intramolecular Hbond substituents is 1. The largest absolute Gasteiger partial charge is 0.507 e. The quantitative estimate of drug-likeness (QED) is 0.349. The number of rotatable bonds is 7. The number of benzene rings is 3. The first-order valence-corrected chi connectivity index (χ1v) is 12.4. The van der Waals surface area contributed by atoms with Crippen LogP contribution in [0.15, 0.2) is 53.4 Å². The van der Waals surface area contributed by atoms with E-state index in [4.69, 9.17) is 14.6 Å². The number of carbonyl (C=O) groups is 2. The molecule has 1 amide bonds. The van der Waals surface area contributed by atoms with Gasteiger partial charge in [0.1, 0.15) is 27.9 Å². The third kappa shape index (κ3) is 5.05. The van der Waals surface area contributed by atoms with Crippen LogP contribution in [0.2, 0.25) is 0 Å². The highest BCUT2D eigenvalue weighted by molar-refractivity contribution is 7.92. The number of amides is 1. The molecular formula is C25H24N2O8S. The van der Waals surface area contributed by atoms with E-state index >= 15 is 0 Å². The molecule has 0 heterocycles. The molecular weight excluding hydrogens is 488 g/mol. The monoisotopic (exact) mass is 512 g/mol. The highest BCUT2D eigenvalue weighted by atomic mass is 32.2. The smallest absolute Gasteiger partial charge is 0.394 e. The molecule has 0 saturated heterocycles. The van der Waals surface area contributed by atoms with Crippen LogP contribution in [0.25, 0.3) is 0 Å². The number of methoxy groups -OCH3 is 1. The first kappa shape index (κ1) is 24.9. The molecule has 4 rings (SSSR count). The number of fused-ring (bicyclic) bond motifs is 1. The topological polar surface area (TPSA) is 151 Å². The highest BCUT2D eigenvalue weighted by Crippen LogP contribution is 2.41. The number of carboxylic acids is 1. The number of carbonyl (C=O) groups excluding carboxylic acids is 1. The lowest BCUT2D eigenvalue weighted by atomic mass is 10.0. The van der Waals surface area contributed by atoms with E-state index in [1.165, 1.54) is 37.4 Å². The Morgan fingerprint density at radius 1 is 0.972 bits per heavy atom. The molecule has 4 N–H and O–H groups in total. The van der Waals surface area contributed by atoms with Crippen LogP contribution in [0.3, 0.4) is 0 Å². The van der Waals surface area contributed by atoms with Crippen LogP contribution in [-0.2, 0) is 32.5 Å². The molecule has 188 valence electrons. The van der Waals surface area contributed by atoms with Gasteiger partial charge in [-0.15, -0.1) is 0 Å². The Kier molecular flexibility index (Phi) is 6.75. The van der Waals surface area contributed by atoms with Gasteiger partial charge in [-0.25, -0.2) is 13.2 Å². The van der Waals surface area contributed by atoms with Gasteiger partial charge in [-0.05, 0) is 79.8 Å². The molecule has 0 unspecified atom stereocenters. The standard InChI is InChI=1S/C25H24N2O8S/c1-14-12-20(26-24(29)25(30)31)18-4-3-5-19(18)23(14)35-17-10-11-21(28)22(13-17)36(32,33)27-15-6-8-16(34-2)9-7-15/h6-13,27-28H,3-5H2,1-2H3,(H,26,29)(H,30,31). The molecule has 3 aromatic carbocycles. The Hall–Kier alpha value is -4.25. The Balaban J connectivity index is 1.64. The molecule has 0 aliphatic heterocycles. The number of hydrogen-bond donors (Lipinski definition) is 4. The average molecular weight is 513 g/mol. The van der Waals surface area contributed by atoms with Crippen LogP contribution < -0.4 is 19.5 Å². The Bertz CT molecular complexity index is 1450. The summed E-state index contributed by atoms with van der Waals surface area (Å²) in [7, 11) is -2.65. The maximum atomic E-state index is 13.0. The molecule has 1 aliphatic carbocycles. The molecule has 11 heteroatoms. The molecule has 0 spiro atoms. The van der Waals surface area contributed by atoms with E-state index in [1.54, 1.807) is 25.1 Å². The highest BCUT2D eigenvalue weighted by Gasteiger charge is 2.25. The molecule has 10 nitrogen and oxygen atoms in total. The van der Waals surface area contributed by atoms with Crippen molar-refractivity contribution in [3.8, 4) is 23.0 Å². The Morgan fingerprint density at radius 3 is 2.31 bits per heavy atom. The van der Waals surface area contributed by atoms with Gasteiger partial charge in [0, 0.05) is 23.0 Å². The fourth-order valence-corrected chi connectivity index (χ4v) is 5.26. The minimum Gasteiger partial charge on any atom is -0.507 e. The number of aryl methyl sites for hydroxylation is 1. The van der Waals surface area contributed by atoms with Crippen LogP contribution >= 0.6 is 0 Å². The summed E-state index contributed by atoms with van der Waals surface area (Å²) in [6, 6.07) is 11.8. The maximum absolute atomic E-state index is 13.0. The van der Waals surface area contributed by atoms with Gasteiger partial charge in [-0.2, -0.15) is 0 Å². The van der Waals surface area contributed by atoms with Gasteiger partial charge in [-0.1, -0.05) is 0 Å². The summed E-state index contributed by atoms with van der Waals surface area (Å²) in [5.74, 6) is -1.92. The normalized spacial score (nSPS) is 12.5. The van der Waals surface area contributed by atoms with Gasteiger partial charge in [0.15, 0.2) is 0 Å². The lowest BCUT2D eigenvalue weighted by Gasteiger charge is -2.18. The van der Waals surface area contributed by atoms with Crippen LogP contribution in [0.5, 0.6) is 23.0 Å². The molecule has 0 radical (unpaired) electrons. The SMILES string of the molecule is COc1ccc(NS(=O)(=O)c2cc(Oc3c(C)cc(NC(=O)C(=O)O)c4c3CCC4)ccc2O)cc1. The number of aliphatic carboxylic acids is 1. The van der Waals surface area contributed by atoms with Crippen LogP contribution in [0.4, 0.5) is 11.4 Å². The van der Waals surface area contributed by atoms with E-state index in [9.17, 15) is 23.1 Å². The molecule has 0 bridgehead atoms. The van der Waals surface area contributed by atoms with Crippen LogP contribution in [0.1, 0.15) is 23.1 Å². The summed E-state index contributed by atoms with van der Waals surface area (Å²) >= 11 is 0. The van der Waals surface area contributed by atoms with Gasteiger partial charge in [-0.3, -0.25) is 9.52 Å². The third-order valence-corrected chi connectivity index (χ3v) is 7.17. The fraction of sp³-hybridized carbons (Fsp3) is 0.200. The predicted molar refractivity (Wildman–Crippen MR) is 131 cm³/mol. The van der Waals surface area contributed by atoms with Crippen molar-refractivity contribution >= 4 is 33.3 Å². The number of hydrogen-bond acceptors (Lipinski definition) is 7. The van der Waals surface area contributed by atoms with Gasteiger partial charge in [0.25, 0.3) is 10.0 Å². The van der Waals surface area contributed by atoms with E-state index in [0.717, 1.165) is 17.5 Å². The number of sulfonamides is 1. The number of anilines is 2. The second-order valence-electron chi connectivity index (χ2n) is 8.21. The fourth-order valence-electron chi connectivity index (χ4n) is 4.09. The van der Waals surface area contributed by atoms with E-state index in [0.29, 0.717) is 35.6 Å². The van der Waals surface area contributed by atoms with Crippen molar-refractivity contribution in [2.45, 2.75) is 31.1 Å². The lowest BCUT2D eigenvalue weighted by Crippen LogP contribution is -2.22. The van der Waals surface area contributed by atoms with Crippen LogP contribution in [0, 0.1) is 6.92 Å². The molecule has 0 aromatic heterocycles. The second kappa shape index (κ2) is 9.78. The lowest BCUT2D eigenvalue weighted by molar-refractivity contribution is -0.147. The predicted octanol–water partition coefficient (Wildman–Crippen LogP) is 3.81. The summed E-state index contributed by atoms with van der Waals surface area (Å²) < 4.78 is 39.6. The number of phenols is 1. The second-order valence-corrected chi connectivity index (χ2v) is 9.86. The minimum atomic E-state index is -4.15. The number of nitrogens with one attached hydrogen (secondary N) is 2. The zero-order valence-corrected chi connectivity index (χ0v) is 20.3. The zero-order chi connectivity index (χ0) is 26.0. The van der Waals surface area contributed by atoms with Crippen LogP contribution in [-0.4, -0.2) is 37.6 Å². The van der Waals surface area contributed by atoms with E-state index in [-0.39, 0.29) is 16.3 Å². The van der Waals surface area contributed by atoms with E-state index in [1.807, 2.05) is 0 Å². The summed E-state index contributed by atoms with van der Waals surface area (Å²) in [6.07, 6.45) is 2.05. The summed E-state index contributed by atoms with van der Waals surface area (Å²) in [5.41, 5.74) is 2.92. The van der Waals surface area contributed by atoms with Crippen molar-refractivity contribution in [1.29, 1.82) is 0 Å². The van der Waals surface area contributed by atoms with Crippen molar-refractivity contribution in [2.24, 2.45) is 0 Å². The van der Waals surface area contributed by atoms with Gasteiger partial charge >= 0.3 is 11.9 Å².